The molecule has 0 heterocycles. The van der Waals surface area contributed by atoms with Crippen molar-refractivity contribution in [1.82, 2.24) is 0 Å². The van der Waals surface area contributed by atoms with Crippen LogP contribution in [0.2, 0.25) is 0 Å². The maximum Gasteiger partial charge on any atom is 0.124 e. The summed E-state index contributed by atoms with van der Waals surface area (Å²) in [6, 6.07) is 15.8. The molecule has 0 fully saturated rings. The number of benzene rings is 2. The van der Waals surface area contributed by atoms with Crippen molar-refractivity contribution < 1.29 is 4.74 Å². The van der Waals surface area contributed by atoms with Crippen LogP contribution in [0.15, 0.2) is 42.5 Å². The summed E-state index contributed by atoms with van der Waals surface area (Å²) in [5.41, 5.74) is 4.05. The van der Waals surface area contributed by atoms with E-state index in [4.69, 9.17) is 10.00 Å². The van der Waals surface area contributed by atoms with Crippen molar-refractivity contribution in [3.63, 3.8) is 0 Å². The van der Waals surface area contributed by atoms with Gasteiger partial charge in [-0.15, -0.1) is 0 Å². The monoisotopic (exact) mass is 237 g/mol. The number of ether oxygens (including phenoxy) is 1. The molecule has 0 saturated carbocycles. The highest BCUT2D eigenvalue weighted by Gasteiger charge is 2.03. The lowest BCUT2D eigenvalue weighted by Gasteiger charge is -2.11. The molecule has 0 unspecified atom stereocenters. The molecule has 2 nitrogen and oxygen atoms in total. The number of aryl methyl sites for hydroxylation is 2. The molecular formula is C16H15NO. The Morgan fingerprint density at radius 1 is 1.06 bits per heavy atom. The second-order valence-electron chi connectivity index (χ2n) is 4.31. The molecule has 0 aliphatic carbocycles. The molecule has 0 N–H and O–H groups in total. The summed E-state index contributed by atoms with van der Waals surface area (Å²) in [5.74, 6) is 0.775. The number of nitrogens with zero attached hydrogens (tertiary/aromatic N) is 1. The van der Waals surface area contributed by atoms with Crippen molar-refractivity contribution in [2.45, 2.75) is 20.5 Å². The van der Waals surface area contributed by atoms with E-state index in [1.807, 2.05) is 25.1 Å². The third-order valence-electron chi connectivity index (χ3n) is 2.96. The van der Waals surface area contributed by atoms with Gasteiger partial charge in [0.25, 0.3) is 0 Å². The van der Waals surface area contributed by atoms with E-state index in [1.54, 1.807) is 12.1 Å². The zero-order valence-corrected chi connectivity index (χ0v) is 10.6. The fraction of sp³-hybridized carbons (Fsp3) is 0.188. The molecule has 2 aromatic carbocycles. The van der Waals surface area contributed by atoms with Gasteiger partial charge in [-0.05, 0) is 42.7 Å². The van der Waals surface area contributed by atoms with Crippen molar-refractivity contribution in [1.29, 1.82) is 5.26 Å². The van der Waals surface area contributed by atoms with Gasteiger partial charge in [-0.25, -0.2) is 0 Å². The molecule has 90 valence electrons. The minimum atomic E-state index is 0.530. The number of hydrogen-bond acceptors (Lipinski definition) is 2. The summed E-state index contributed by atoms with van der Waals surface area (Å²) in [5, 5.41) is 8.88. The van der Waals surface area contributed by atoms with Gasteiger partial charge >= 0.3 is 0 Å². The summed E-state index contributed by atoms with van der Waals surface area (Å²) in [7, 11) is 0. The first-order valence-corrected chi connectivity index (χ1v) is 5.89. The van der Waals surface area contributed by atoms with Gasteiger partial charge in [0.1, 0.15) is 12.4 Å². The maximum atomic E-state index is 8.88. The molecule has 0 bridgehead atoms. The average molecular weight is 237 g/mol. The third-order valence-corrected chi connectivity index (χ3v) is 2.96. The van der Waals surface area contributed by atoms with E-state index in [0.717, 1.165) is 11.3 Å². The molecule has 2 heteroatoms. The Balaban J connectivity index is 2.16. The lowest BCUT2D eigenvalue weighted by atomic mass is 10.1. The zero-order chi connectivity index (χ0) is 13.0. The van der Waals surface area contributed by atoms with Gasteiger partial charge < -0.3 is 4.74 Å². The SMILES string of the molecule is Cc1ccccc1COc1cc(C#N)ccc1C. The van der Waals surface area contributed by atoms with E-state index < -0.39 is 0 Å². The Labute approximate surface area is 107 Å². The maximum absolute atomic E-state index is 8.88. The van der Waals surface area contributed by atoms with Crippen LogP contribution in [0.4, 0.5) is 0 Å². The second kappa shape index (κ2) is 5.37. The number of rotatable bonds is 3. The Kier molecular flexibility index (Phi) is 3.64. The van der Waals surface area contributed by atoms with E-state index in [2.05, 4.69) is 25.1 Å². The van der Waals surface area contributed by atoms with E-state index >= 15 is 0 Å². The van der Waals surface area contributed by atoms with Crippen molar-refractivity contribution in [2.75, 3.05) is 0 Å². The van der Waals surface area contributed by atoms with Gasteiger partial charge in [0, 0.05) is 0 Å². The first kappa shape index (κ1) is 12.2. The summed E-state index contributed by atoms with van der Waals surface area (Å²) in [6.07, 6.45) is 0. The first-order chi connectivity index (χ1) is 8.70. The van der Waals surface area contributed by atoms with Crippen molar-refractivity contribution in [3.8, 4) is 11.8 Å². The summed E-state index contributed by atoms with van der Waals surface area (Å²) >= 11 is 0. The Hall–Kier alpha value is -2.27. The molecular weight excluding hydrogens is 222 g/mol. The summed E-state index contributed by atoms with van der Waals surface area (Å²) < 4.78 is 5.80. The van der Waals surface area contributed by atoms with E-state index in [1.165, 1.54) is 11.1 Å². The summed E-state index contributed by atoms with van der Waals surface area (Å²) in [4.78, 5) is 0. The van der Waals surface area contributed by atoms with Crippen LogP contribution >= 0.6 is 0 Å². The van der Waals surface area contributed by atoms with Crippen LogP contribution in [0, 0.1) is 25.2 Å². The Bertz CT molecular complexity index is 596. The lowest BCUT2D eigenvalue weighted by Crippen LogP contribution is -1.99. The molecule has 0 spiro atoms. The van der Waals surface area contributed by atoms with Gasteiger partial charge in [-0.3, -0.25) is 0 Å². The third kappa shape index (κ3) is 2.70. The van der Waals surface area contributed by atoms with Gasteiger partial charge in [0.15, 0.2) is 0 Å². The Morgan fingerprint density at radius 2 is 1.83 bits per heavy atom. The normalized spacial score (nSPS) is 9.83. The van der Waals surface area contributed by atoms with Crippen LogP contribution in [-0.4, -0.2) is 0 Å². The smallest absolute Gasteiger partial charge is 0.124 e. The molecule has 0 aliphatic rings. The average Bonchev–Trinajstić information content (AvgIpc) is 2.39. The van der Waals surface area contributed by atoms with Crippen LogP contribution in [0.3, 0.4) is 0 Å². The molecule has 0 aliphatic heterocycles. The molecule has 0 radical (unpaired) electrons. The quantitative estimate of drug-likeness (QED) is 0.814. The molecule has 0 saturated heterocycles. The minimum absolute atomic E-state index is 0.530. The van der Waals surface area contributed by atoms with Gasteiger partial charge in [-0.1, -0.05) is 30.3 Å². The first-order valence-electron chi connectivity index (χ1n) is 5.89. The fourth-order valence-electron chi connectivity index (χ4n) is 1.75. The van der Waals surface area contributed by atoms with E-state index in [-0.39, 0.29) is 0 Å². The van der Waals surface area contributed by atoms with E-state index in [9.17, 15) is 0 Å². The standard InChI is InChI=1S/C16H15NO/c1-12-5-3-4-6-15(12)11-18-16-9-14(10-17)8-7-13(16)2/h3-9H,11H2,1-2H3. The number of nitriles is 1. The minimum Gasteiger partial charge on any atom is -0.489 e. The molecule has 0 amide bonds. The topological polar surface area (TPSA) is 33.0 Å². The zero-order valence-electron chi connectivity index (χ0n) is 10.6. The second-order valence-corrected chi connectivity index (χ2v) is 4.31. The van der Waals surface area contributed by atoms with E-state index in [0.29, 0.717) is 12.2 Å². The highest BCUT2D eigenvalue weighted by Crippen LogP contribution is 2.21. The van der Waals surface area contributed by atoms with Crippen LogP contribution in [0.1, 0.15) is 22.3 Å². The van der Waals surface area contributed by atoms with Crippen LogP contribution in [0.25, 0.3) is 0 Å². The van der Waals surface area contributed by atoms with Crippen molar-refractivity contribution in [3.05, 3.63) is 64.7 Å². The molecule has 2 rings (SSSR count). The summed E-state index contributed by atoms with van der Waals surface area (Å²) in [6.45, 7) is 4.58. The van der Waals surface area contributed by atoms with Crippen molar-refractivity contribution >= 4 is 0 Å². The Morgan fingerprint density at radius 3 is 2.56 bits per heavy atom. The number of hydrogen-bond donors (Lipinski definition) is 0. The van der Waals surface area contributed by atoms with Crippen LogP contribution < -0.4 is 4.74 Å². The molecule has 18 heavy (non-hydrogen) atoms. The lowest BCUT2D eigenvalue weighted by molar-refractivity contribution is 0.303. The molecule has 2 aromatic rings. The molecule has 0 aromatic heterocycles. The van der Waals surface area contributed by atoms with Gasteiger partial charge in [0.2, 0.25) is 0 Å². The predicted octanol–water partition coefficient (Wildman–Crippen LogP) is 3.75. The fourth-order valence-corrected chi connectivity index (χ4v) is 1.75. The van der Waals surface area contributed by atoms with Gasteiger partial charge in [-0.2, -0.15) is 5.26 Å². The van der Waals surface area contributed by atoms with Crippen LogP contribution in [0.5, 0.6) is 5.75 Å². The molecule has 0 atom stereocenters. The highest BCUT2D eigenvalue weighted by atomic mass is 16.5. The van der Waals surface area contributed by atoms with Crippen LogP contribution in [-0.2, 0) is 6.61 Å². The van der Waals surface area contributed by atoms with Crippen molar-refractivity contribution in [2.24, 2.45) is 0 Å². The predicted molar refractivity (Wildman–Crippen MR) is 71.4 cm³/mol. The highest BCUT2D eigenvalue weighted by molar-refractivity contribution is 5.42. The van der Waals surface area contributed by atoms with Gasteiger partial charge in [0.05, 0.1) is 11.6 Å². The largest absolute Gasteiger partial charge is 0.489 e.